The molecule has 0 bridgehead atoms. The average molecular weight is 398 g/mol. The molecule has 0 saturated carbocycles. The zero-order chi connectivity index (χ0) is 20.6. The van der Waals surface area contributed by atoms with Crippen molar-refractivity contribution in [3.05, 3.63) is 114 Å². The number of rotatable bonds is 3. The van der Waals surface area contributed by atoms with E-state index >= 15 is 0 Å². The molecule has 4 aromatic carbocycles. The van der Waals surface area contributed by atoms with Gasteiger partial charge in [0.1, 0.15) is 0 Å². The smallest absolute Gasteiger partial charge is 0.0539 e. The van der Waals surface area contributed by atoms with Gasteiger partial charge in [-0.3, -0.25) is 0 Å². The fourth-order valence-corrected chi connectivity index (χ4v) is 3.57. The lowest BCUT2D eigenvalue weighted by molar-refractivity contribution is 1.41. The SMILES string of the molecule is Cc1ccccc1.Cc1ccccc1-c1c(C)ccc(P)c1Nc1ccccc1. The number of aryl methyl sites for hydroxylation is 3. The minimum absolute atomic E-state index is 1.10. The van der Waals surface area contributed by atoms with Gasteiger partial charge in [0.25, 0.3) is 0 Å². The van der Waals surface area contributed by atoms with Crippen LogP contribution in [0, 0.1) is 20.8 Å². The fraction of sp³-hybridized carbons (Fsp3) is 0.111. The van der Waals surface area contributed by atoms with Gasteiger partial charge in [-0.15, -0.1) is 9.24 Å². The molecule has 0 saturated heterocycles. The van der Waals surface area contributed by atoms with E-state index in [2.05, 4.69) is 96.0 Å². The van der Waals surface area contributed by atoms with Gasteiger partial charge in [-0.25, -0.2) is 0 Å². The Morgan fingerprint density at radius 3 is 1.76 bits per heavy atom. The second-order valence-corrected chi connectivity index (χ2v) is 7.80. The van der Waals surface area contributed by atoms with Crippen LogP contribution in [-0.4, -0.2) is 0 Å². The number of benzene rings is 4. The largest absolute Gasteiger partial charge is 0.355 e. The first-order chi connectivity index (χ1) is 14.1. The minimum Gasteiger partial charge on any atom is -0.355 e. The zero-order valence-corrected chi connectivity index (χ0v) is 18.5. The number of hydrogen-bond acceptors (Lipinski definition) is 1. The van der Waals surface area contributed by atoms with Gasteiger partial charge in [-0.05, 0) is 54.9 Å². The van der Waals surface area contributed by atoms with Gasteiger partial charge in [0.15, 0.2) is 0 Å². The van der Waals surface area contributed by atoms with Crippen molar-refractivity contribution >= 4 is 25.9 Å². The Kier molecular flexibility index (Phi) is 7.22. The molecule has 146 valence electrons. The quantitative estimate of drug-likeness (QED) is 0.360. The normalized spacial score (nSPS) is 10.1. The molecule has 0 heterocycles. The van der Waals surface area contributed by atoms with E-state index in [1.54, 1.807) is 0 Å². The molecular weight excluding hydrogens is 369 g/mol. The van der Waals surface area contributed by atoms with Crippen LogP contribution in [0.2, 0.25) is 0 Å². The zero-order valence-electron chi connectivity index (χ0n) is 17.3. The van der Waals surface area contributed by atoms with Gasteiger partial charge in [0.2, 0.25) is 0 Å². The molecule has 1 nitrogen and oxygen atoms in total. The molecule has 0 fully saturated rings. The Bertz CT molecular complexity index is 1060. The minimum atomic E-state index is 1.10. The molecule has 0 spiro atoms. The van der Waals surface area contributed by atoms with Gasteiger partial charge in [-0.1, -0.05) is 90.5 Å². The summed E-state index contributed by atoms with van der Waals surface area (Å²) in [6.45, 7) is 6.42. The number of anilines is 2. The summed E-state index contributed by atoms with van der Waals surface area (Å²) in [4.78, 5) is 0. The van der Waals surface area contributed by atoms with E-state index in [1.165, 1.54) is 33.1 Å². The number of nitrogens with one attached hydrogen (secondary N) is 1. The van der Waals surface area contributed by atoms with Crippen LogP contribution in [0.3, 0.4) is 0 Å². The molecule has 4 rings (SSSR count). The highest BCUT2D eigenvalue weighted by Gasteiger charge is 2.13. The maximum atomic E-state index is 3.59. The van der Waals surface area contributed by atoms with Crippen molar-refractivity contribution < 1.29 is 0 Å². The maximum Gasteiger partial charge on any atom is 0.0539 e. The highest BCUT2D eigenvalue weighted by Crippen LogP contribution is 2.34. The highest BCUT2D eigenvalue weighted by atomic mass is 31.0. The Morgan fingerprint density at radius 1 is 0.586 bits per heavy atom. The molecule has 0 aliphatic carbocycles. The van der Waals surface area contributed by atoms with Gasteiger partial charge in [-0.2, -0.15) is 0 Å². The van der Waals surface area contributed by atoms with Gasteiger partial charge in [0, 0.05) is 11.3 Å². The fourth-order valence-electron chi connectivity index (χ4n) is 3.26. The maximum absolute atomic E-state index is 3.59. The van der Waals surface area contributed by atoms with Crippen molar-refractivity contribution in [3.8, 4) is 11.1 Å². The Hall–Kier alpha value is -2.89. The molecule has 0 aliphatic rings. The summed E-state index contributed by atoms with van der Waals surface area (Å²) < 4.78 is 0. The second kappa shape index (κ2) is 10.0. The summed E-state index contributed by atoms with van der Waals surface area (Å²) in [6.07, 6.45) is 0. The third-order valence-electron chi connectivity index (χ3n) is 4.84. The highest BCUT2D eigenvalue weighted by molar-refractivity contribution is 7.28. The van der Waals surface area contributed by atoms with Gasteiger partial charge < -0.3 is 5.32 Å². The second-order valence-electron chi connectivity index (χ2n) is 7.18. The predicted octanol–water partition coefficient (Wildman–Crippen LogP) is 7.21. The lowest BCUT2D eigenvalue weighted by Gasteiger charge is -2.19. The van der Waals surface area contributed by atoms with Crippen molar-refractivity contribution in [3.63, 3.8) is 0 Å². The topological polar surface area (TPSA) is 12.0 Å². The van der Waals surface area contributed by atoms with Crippen molar-refractivity contribution in [1.82, 2.24) is 0 Å². The van der Waals surface area contributed by atoms with Crippen LogP contribution in [-0.2, 0) is 0 Å². The monoisotopic (exact) mass is 397 g/mol. The van der Waals surface area contributed by atoms with E-state index in [9.17, 15) is 0 Å². The molecule has 1 unspecified atom stereocenters. The van der Waals surface area contributed by atoms with Crippen molar-refractivity contribution in [1.29, 1.82) is 0 Å². The van der Waals surface area contributed by atoms with Crippen LogP contribution in [0.25, 0.3) is 11.1 Å². The summed E-state index contributed by atoms with van der Waals surface area (Å²) >= 11 is 0. The lowest BCUT2D eigenvalue weighted by atomic mass is 9.94. The van der Waals surface area contributed by atoms with E-state index in [0.29, 0.717) is 0 Å². The van der Waals surface area contributed by atoms with Crippen LogP contribution >= 0.6 is 9.24 Å². The van der Waals surface area contributed by atoms with Crippen LogP contribution in [0.5, 0.6) is 0 Å². The molecule has 0 aliphatic heterocycles. The number of para-hydroxylation sites is 1. The molecular formula is C27H28NP. The summed E-state index contributed by atoms with van der Waals surface area (Å²) in [7, 11) is 2.84. The third-order valence-corrected chi connectivity index (χ3v) is 5.33. The first-order valence-electron chi connectivity index (χ1n) is 9.85. The van der Waals surface area contributed by atoms with E-state index < -0.39 is 0 Å². The van der Waals surface area contributed by atoms with E-state index in [-0.39, 0.29) is 0 Å². The lowest BCUT2D eigenvalue weighted by Crippen LogP contribution is -2.06. The molecule has 1 N–H and O–H groups in total. The van der Waals surface area contributed by atoms with Gasteiger partial charge in [0.05, 0.1) is 5.69 Å². The van der Waals surface area contributed by atoms with Crippen molar-refractivity contribution in [2.45, 2.75) is 20.8 Å². The van der Waals surface area contributed by atoms with Crippen LogP contribution in [0.15, 0.2) is 97.1 Å². The molecule has 0 amide bonds. The van der Waals surface area contributed by atoms with Crippen molar-refractivity contribution in [2.24, 2.45) is 0 Å². The standard InChI is InChI=1S/C20H20NP.C7H8/c1-14-8-6-7-11-17(14)19-15(2)12-13-18(22)20(19)21-16-9-4-3-5-10-16;1-7-5-3-2-4-6-7/h3-13,21H,22H2,1-2H3;2-6H,1H3. The summed E-state index contributed by atoms with van der Waals surface area (Å²) in [5.74, 6) is 0. The molecule has 29 heavy (non-hydrogen) atoms. The van der Waals surface area contributed by atoms with Crippen LogP contribution in [0.1, 0.15) is 16.7 Å². The first-order valence-corrected chi connectivity index (χ1v) is 10.4. The van der Waals surface area contributed by atoms with E-state index in [0.717, 1.165) is 11.4 Å². The Morgan fingerprint density at radius 2 is 1.17 bits per heavy atom. The molecule has 1 atom stereocenters. The predicted molar refractivity (Wildman–Crippen MR) is 132 cm³/mol. The average Bonchev–Trinajstić information content (AvgIpc) is 2.74. The number of hydrogen-bond donors (Lipinski definition) is 1. The van der Waals surface area contributed by atoms with Crippen molar-refractivity contribution in [2.75, 3.05) is 5.32 Å². The van der Waals surface area contributed by atoms with Crippen LogP contribution in [0.4, 0.5) is 11.4 Å². The third kappa shape index (κ3) is 5.56. The Balaban J connectivity index is 0.000000290. The van der Waals surface area contributed by atoms with Crippen LogP contribution < -0.4 is 10.6 Å². The summed E-state index contributed by atoms with van der Waals surface area (Å²) in [5.41, 5.74) is 8.70. The summed E-state index contributed by atoms with van der Waals surface area (Å²) in [6, 6.07) is 33.4. The van der Waals surface area contributed by atoms with E-state index in [4.69, 9.17) is 0 Å². The summed E-state index contributed by atoms with van der Waals surface area (Å²) in [5, 5.41) is 4.76. The first kappa shape index (κ1) is 20.8. The molecule has 0 radical (unpaired) electrons. The molecule has 2 heteroatoms. The molecule has 0 aromatic heterocycles. The molecule has 4 aromatic rings. The van der Waals surface area contributed by atoms with Gasteiger partial charge >= 0.3 is 0 Å². The van der Waals surface area contributed by atoms with E-state index in [1.807, 2.05) is 36.4 Å². The Labute approximate surface area is 177 Å².